The average molecular weight is 373 g/mol. The van der Waals surface area contributed by atoms with Crippen molar-refractivity contribution >= 4 is 41.3 Å². The predicted octanol–water partition coefficient (Wildman–Crippen LogP) is 3.88. The fourth-order valence-corrected chi connectivity index (χ4v) is 3.84. The molecule has 1 aromatic heterocycles. The smallest absolute Gasteiger partial charge is 0.248 e. The van der Waals surface area contributed by atoms with E-state index in [2.05, 4.69) is 23.4 Å². The summed E-state index contributed by atoms with van der Waals surface area (Å²) in [4.78, 5) is 14.8. The highest BCUT2D eigenvalue weighted by molar-refractivity contribution is 7.10. The molecule has 2 aromatic rings. The van der Waals surface area contributed by atoms with Gasteiger partial charge in [-0.05, 0) is 36.7 Å². The summed E-state index contributed by atoms with van der Waals surface area (Å²) < 4.78 is 6.13. The summed E-state index contributed by atoms with van der Waals surface area (Å²) in [6, 6.07) is 7.02. The Hall–Kier alpha value is -1.27. The van der Waals surface area contributed by atoms with Crippen LogP contribution in [0.3, 0.4) is 0 Å². The Morgan fingerprint density at radius 3 is 2.91 bits per heavy atom. The highest BCUT2D eigenvalue weighted by Gasteiger charge is 2.24. The Labute approximate surface area is 150 Å². The lowest BCUT2D eigenvalue weighted by Crippen LogP contribution is -2.18. The SMILES string of the molecule is CN1CCC(Oc2ccc(C(N)=O)cc2Cl)c2ccsc2C1.Cl. The van der Waals surface area contributed by atoms with Crippen LogP contribution in [0.5, 0.6) is 5.75 Å². The minimum atomic E-state index is -0.496. The number of hydrogen-bond donors (Lipinski definition) is 1. The summed E-state index contributed by atoms with van der Waals surface area (Å²) in [5.41, 5.74) is 6.87. The van der Waals surface area contributed by atoms with Crippen molar-refractivity contribution < 1.29 is 9.53 Å². The Bertz CT molecular complexity index is 705. The number of carbonyl (C=O) groups excluding carboxylic acids is 1. The second-order valence-corrected chi connectivity index (χ2v) is 6.85. The zero-order valence-electron chi connectivity index (χ0n) is 12.6. The van der Waals surface area contributed by atoms with Crippen LogP contribution in [-0.2, 0) is 6.54 Å². The molecule has 1 aliphatic heterocycles. The molecule has 0 saturated carbocycles. The van der Waals surface area contributed by atoms with Gasteiger partial charge in [-0.1, -0.05) is 11.6 Å². The van der Waals surface area contributed by atoms with E-state index in [1.807, 2.05) is 0 Å². The molecule has 7 heteroatoms. The molecule has 2 N–H and O–H groups in total. The van der Waals surface area contributed by atoms with Gasteiger partial charge in [-0.25, -0.2) is 0 Å². The summed E-state index contributed by atoms with van der Waals surface area (Å²) in [5, 5.41) is 2.50. The minimum absolute atomic E-state index is 0. The van der Waals surface area contributed by atoms with Gasteiger partial charge in [-0.3, -0.25) is 4.79 Å². The summed E-state index contributed by atoms with van der Waals surface area (Å²) in [5.74, 6) is 0.0861. The highest BCUT2D eigenvalue weighted by Crippen LogP contribution is 2.36. The molecule has 1 atom stereocenters. The molecule has 2 heterocycles. The normalized spacial score (nSPS) is 17.7. The number of amides is 1. The molecular formula is C16H18Cl2N2O2S. The Balaban J connectivity index is 0.00000192. The van der Waals surface area contributed by atoms with E-state index in [4.69, 9.17) is 22.1 Å². The largest absolute Gasteiger partial charge is 0.484 e. The van der Waals surface area contributed by atoms with E-state index in [-0.39, 0.29) is 18.5 Å². The van der Waals surface area contributed by atoms with E-state index >= 15 is 0 Å². The van der Waals surface area contributed by atoms with Crippen LogP contribution in [0.2, 0.25) is 5.02 Å². The van der Waals surface area contributed by atoms with E-state index in [9.17, 15) is 4.79 Å². The molecule has 4 nitrogen and oxygen atoms in total. The molecule has 0 bridgehead atoms. The lowest BCUT2D eigenvalue weighted by Gasteiger charge is -2.19. The van der Waals surface area contributed by atoms with Crippen molar-refractivity contribution in [1.29, 1.82) is 0 Å². The van der Waals surface area contributed by atoms with E-state index in [1.54, 1.807) is 29.5 Å². The van der Waals surface area contributed by atoms with Gasteiger partial charge in [0.1, 0.15) is 11.9 Å². The first-order valence-electron chi connectivity index (χ1n) is 7.05. The zero-order valence-corrected chi connectivity index (χ0v) is 15.0. The van der Waals surface area contributed by atoms with Crippen molar-refractivity contribution in [2.75, 3.05) is 13.6 Å². The maximum atomic E-state index is 11.2. The molecule has 1 aromatic carbocycles. The van der Waals surface area contributed by atoms with Gasteiger partial charge in [0, 0.05) is 35.5 Å². The molecule has 23 heavy (non-hydrogen) atoms. The van der Waals surface area contributed by atoms with Crippen molar-refractivity contribution in [2.45, 2.75) is 19.1 Å². The molecule has 1 aliphatic rings. The summed E-state index contributed by atoms with van der Waals surface area (Å²) in [7, 11) is 2.11. The molecule has 3 rings (SSSR count). The number of halogens is 2. The van der Waals surface area contributed by atoms with E-state index in [1.165, 1.54) is 10.4 Å². The van der Waals surface area contributed by atoms with Crippen LogP contribution in [0.1, 0.15) is 33.3 Å². The third-order valence-electron chi connectivity index (χ3n) is 3.80. The van der Waals surface area contributed by atoms with Gasteiger partial charge in [-0.15, -0.1) is 23.7 Å². The number of fused-ring (bicyclic) bond motifs is 1. The van der Waals surface area contributed by atoms with Crippen LogP contribution in [0.4, 0.5) is 0 Å². The first-order chi connectivity index (χ1) is 10.5. The lowest BCUT2D eigenvalue weighted by molar-refractivity contribution is 0.1000. The lowest BCUT2D eigenvalue weighted by atomic mass is 10.1. The molecule has 1 amide bonds. The van der Waals surface area contributed by atoms with Crippen LogP contribution in [0.25, 0.3) is 0 Å². The highest BCUT2D eigenvalue weighted by atomic mass is 35.5. The van der Waals surface area contributed by atoms with E-state index in [0.717, 1.165) is 19.5 Å². The standard InChI is InChI=1S/C16H17ClN2O2S.ClH/c1-19-6-4-13(11-5-7-22-15(11)9-19)21-14-3-2-10(16(18)20)8-12(14)17;/h2-3,5,7-8,13H,4,6,9H2,1H3,(H2,18,20);1H. The first kappa shape index (κ1) is 18.1. The van der Waals surface area contributed by atoms with Crippen LogP contribution in [0.15, 0.2) is 29.6 Å². The van der Waals surface area contributed by atoms with Crippen LogP contribution in [0, 0.1) is 0 Å². The maximum absolute atomic E-state index is 11.2. The van der Waals surface area contributed by atoms with Crippen LogP contribution < -0.4 is 10.5 Å². The molecule has 0 fully saturated rings. The molecule has 0 radical (unpaired) electrons. The van der Waals surface area contributed by atoms with E-state index < -0.39 is 5.91 Å². The molecule has 124 valence electrons. The van der Waals surface area contributed by atoms with Gasteiger partial charge in [0.05, 0.1) is 5.02 Å². The fourth-order valence-electron chi connectivity index (χ4n) is 2.61. The number of ether oxygens (including phenoxy) is 1. The topological polar surface area (TPSA) is 55.6 Å². The molecule has 0 spiro atoms. The number of primary amides is 1. The first-order valence-corrected chi connectivity index (χ1v) is 8.31. The summed E-state index contributed by atoms with van der Waals surface area (Å²) >= 11 is 7.97. The molecule has 0 saturated heterocycles. The third kappa shape index (κ3) is 3.98. The zero-order chi connectivity index (χ0) is 15.7. The predicted molar refractivity (Wildman–Crippen MR) is 95.9 cm³/mol. The van der Waals surface area contributed by atoms with Crippen molar-refractivity contribution in [3.8, 4) is 5.75 Å². The average Bonchev–Trinajstić information content (AvgIpc) is 2.87. The van der Waals surface area contributed by atoms with E-state index in [0.29, 0.717) is 16.3 Å². The van der Waals surface area contributed by atoms with Crippen molar-refractivity contribution in [3.63, 3.8) is 0 Å². The Morgan fingerprint density at radius 1 is 1.43 bits per heavy atom. The number of benzene rings is 1. The Kier molecular flexibility index (Phi) is 5.92. The second kappa shape index (κ2) is 7.53. The number of nitrogens with two attached hydrogens (primary N) is 1. The summed E-state index contributed by atoms with van der Waals surface area (Å²) in [6.45, 7) is 1.91. The number of hydrogen-bond acceptors (Lipinski definition) is 4. The van der Waals surface area contributed by atoms with Gasteiger partial charge < -0.3 is 15.4 Å². The Morgan fingerprint density at radius 2 is 2.22 bits per heavy atom. The van der Waals surface area contributed by atoms with Gasteiger partial charge in [0.2, 0.25) is 5.91 Å². The van der Waals surface area contributed by atoms with Crippen molar-refractivity contribution in [3.05, 3.63) is 50.7 Å². The quantitative estimate of drug-likeness (QED) is 0.889. The number of rotatable bonds is 3. The number of thiophene rings is 1. The van der Waals surface area contributed by atoms with Gasteiger partial charge in [0.25, 0.3) is 0 Å². The monoisotopic (exact) mass is 372 g/mol. The maximum Gasteiger partial charge on any atom is 0.248 e. The molecular weight excluding hydrogens is 355 g/mol. The molecule has 0 aliphatic carbocycles. The van der Waals surface area contributed by atoms with Crippen LogP contribution >= 0.6 is 35.3 Å². The van der Waals surface area contributed by atoms with Crippen molar-refractivity contribution in [1.82, 2.24) is 4.90 Å². The minimum Gasteiger partial charge on any atom is -0.484 e. The fraction of sp³-hybridized carbons (Fsp3) is 0.312. The number of nitrogens with zero attached hydrogens (tertiary/aromatic N) is 1. The van der Waals surface area contributed by atoms with Crippen LogP contribution in [-0.4, -0.2) is 24.4 Å². The summed E-state index contributed by atoms with van der Waals surface area (Å²) in [6.07, 6.45) is 0.872. The molecule has 1 unspecified atom stereocenters. The van der Waals surface area contributed by atoms with Crippen molar-refractivity contribution in [2.24, 2.45) is 5.73 Å². The van der Waals surface area contributed by atoms with Gasteiger partial charge >= 0.3 is 0 Å². The van der Waals surface area contributed by atoms with Gasteiger partial charge in [-0.2, -0.15) is 0 Å². The third-order valence-corrected chi connectivity index (χ3v) is 5.02. The van der Waals surface area contributed by atoms with Gasteiger partial charge in [0.15, 0.2) is 0 Å². The number of carbonyl (C=O) groups is 1. The second-order valence-electron chi connectivity index (χ2n) is 5.44.